The van der Waals surface area contributed by atoms with Crippen LogP contribution >= 0.6 is 0 Å². The van der Waals surface area contributed by atoms with Crippen LogP contribution in [0, 0.1) is 5.41 Å². The van der Waals surface area contributed by atoms with Crippen molar-refractivity contribution in [3.8, 4) is 0 Å². The Morgan fingerprint density at radius 1 is 1.12 bits per heavy atom. The molecule has 138 valence electrons. The fourth-order valence-electron chi connectivity index (χ4n) is 2.44. The minimum atomic E-state index is -1.19. The van der Waals surface area contributed by atoms with E-state index in [0.29, 0.717) is 11.3 Å². The van der Waals surface area contributed by atoms with Crippen LogP contribution in [-0.4, -0.2) is 70.6 Å². The number of piperazine rings is 1. The third kappa shape index (κ3) is 4.79. The maximum atomic E-state index is 12.0. The van der Waals surface area contributed by atoms with E-state index in [2.05, 4.69) is 5.32 Å². The summed E-state index contributed by atoms with van der Waals surface area (Å²) >= 11 is 0. The number of carboxylic acid groups (broad SMARTS) is 1. The van der Waals surface area contributed by atoms with Crippen molar-refractivity contribution >= 4 is 35.2 Å². The van der Waals surface area contributed by atoms with Crippen LogP contribution in [0.5, 0.6) is 0 Å². The van der Waals surface area contributed by atoms with Gasteiger partial charge in [0.25, 0.3) is 0 Å². The predicted octanol–water partition coefficient (Wildman–Crippen LogP) is -0.945. The molecule has 0 radical (unpaired) electrons. The lowest BCUT2D eigenvalue weighted by Crippen LogP contribution is -2.55. The topological polar surface area (TPSA) is 157 Å². The summed E-state index contributed by atoms with van der Waals surface area (Å²) in [7, 11) is 0. The Bertz CT molecular complexity index is 746. The quantitative estimate of drug-likeness (QED) is 0.279. The summed E-state index contributed by atoms with van der Waals surface area (Å²) < 4.78 is 0. The molecule has 0 atom stereocenters. The molecule has 0 aliphatic carbocycles. The summed E-state index contributed by atoms with van der Waals surface area (Å²) in [6.45, 7) is -0.165. The third-order valence-corrected chi connectivity index (χ3v) is 3.81. The standard InChI is InChI=1S/C16H19N5O5/c17-14(18)10-1-3-11(4-2-10)19-12(22)5-6-20-7-8-21(9-13(23)24)16(26)15(20)25/h1-4H,5-9H2,(H3,17,18)(H,19,22)(H,23,24). The molecule has 3 amide bonds. The summed E-state index contributed by atoms with van der Waals surface area (Å²) in [5.41, 5.74) is 6.41. The molecule has 0 bridgehead atoms. The first-order valence-corrected chi connectivity index (χ1v) is 7.82. The molecule has 0 spiro atoms. The summed E-state index contributed by atoms with van der Waals surface area (Å²) in [4.78, 5) is 48.7. The summed E-state index contributed by atoms with van der Waals surface area (Å²) in [6, 6.07) is 6.41. The zero-order valence-electron chi connectivity index (χ0n) is 13.9. The number of benzene rings is 1. The van der Waals surface area contributed by atoms with Gasteiger partial charge in [-0.1, -0.05) is 0 Å². The van der Waals surface area contributed by atoms with Crippen LogP contribution in [0.3, 0.4) is 0 Å². The number of aliphatic carboxylic acids is 1. The number of hydrogen-bond donors (Lipinski definition) is 4. The molecule has 1 fully saturated rings. The second-order valence-corrected chi connectivity index (χ2v) is 5.70. The highest BCUT2D eigenvalue weighted by atomic mass is 16.4. The van der Waals surface area contributed by atoms with Crippen molar-refractivity contribution in [3.63, 3.8) is 0 Å². The molecule has 1 aliphatic rings. The summed E-state index contributed by atoms with van der Waals surface area (Å²) in [6.07, 6.45) is -0.00753. The van der Waals surface area contributed by atoms with E-state index in [0.717, 1.165) is 4.90 Å². The number of rotatable bonds is 7. The Labute approximate surface area is 149 Å². The van der Waals surface area contributed by atoms with Gasteiger partial charge >= 0.3 is 17.8 Å². The van der Waals surface area contributed by atoms with E-state index in [4.69, 9.17) is 16.2 Å². The average molecular weight is 361 g/mol. The largest absolute Gasteiger partial charge is 0.480 e. The van der Waals surface area contributed by atoms with Crippen LogP contribution in [0.25, 0.3) is 0 Å². The van der Waals surface area contributed by atoms with Gasteiger partial charge in [-0.2, -0.15) is 0 Å². The molecule has 26 heavy (non-hydrogen) atoms. The summed E-state index contributed by atoms with van der Waals surface area (Å²) in [5, 5.41) is 18.7. The van der Waals surface area contributed by atoms with E-state index in [9.17, 15) is 19.2 Å². The minimum absolute atomic E-state index is 0.00753. The van der Waals surface area contributed by atoms with Crippen molar-refractivity contribution in [2.75, 3.05) is 31.5 Å². The average Bonchev–Trinajstić information content (AvgIpc) is 2.58. The monoisotopic (exact) mass is 361 g/mol. The lowest BCUT2D eigenvalue weighted by atomic mass is 10.2. The van der Waals surface area contributed by atoms with E-state index in [1.807, 2.05) is 0 Å². The van der Waals surface area contributed by atoms with Gasteiger partial charge in [-0.3, -0.25) is 24.6 Å². The fraction of sp³-hybridized carbons (Fsp3) is 0.312. The highest BCUT2D eigenvalue weighted by Crippen LogP contribution is 2.10. The van der Waals surface area contributed by atoms with E-state index in [1.165, 1.54) is 4.90 Å². The first kappa shape index (κ1) is 18.9. The lowest BCUT2D eigenvalue weighted by molar-refractivity contribution is -0.158. The molecule has 0 unspecified atom stereocenters. The number of nitrogen functional groups attached to an aromatic ring is 1. The molecule has 0 aromatic heterocycles. The first-order valence-electron chi connectivity index (χ1n) is 7.82. The number of nitrogens with one attached hydrogen (secondary N) is 2. The van der Waals surface area contributed by atoms with E-state index < -0.39 is 24.3 Å². The van der Waals surface area contributed by atoms with Gasteiger partial charge < -0.3 is 26.0 Å². The van der Waals surface area contributed by atoms with Crippen LogP contribution in [0.1, 0.15) is 12.0 Å². The molecule has 1 aromatic carbocycles. The predicted molar refractivity (Wildman–Crippen MR) is 91.5 cm³/mol. The number of amidine groups is 1. The first-order chi connectivity index (χ1) is 12.3. The number of amides is 3. The summed E-state index contributed by atoms with van der Waals surface area (Å²) in [5.74, 6) is -3.29. The van der Waals surface area contributed by atoms with Crippen LogP contribution in [-0.2, 0) is 19.2 Å². The zero-order valence-corrected chi connectivity index (χ0v) is 13.9. The Kier molecular flexibility index (Phi) is 5.89. The Morgan fingerprint density at radius 2 is 1.69 bits per heavy atom. The molecular weight excluding hydrogens is 342 g/mol. The smallest absolute Gasteiger partial charge is 0.323 e. The van der Waals surface area contributed by atoms with Crippen LogP contribution in [0.4, 0.5) is 5.69 Å². The maximum absolute atomic E-state index is 12.0. The number of nitrogens with zero attached hydrogens (tertiary/aromatic N) is 2. The van der Waals surface area contributed by atoms with Gasteiger partial charge in [-0.05, 0) is 24.3 Å². The lowest BCUT2D eigenvalue weighted by Gasteiger charge is -2.32. The number of anilines is 1. The Hall–Kier alpha value is -3.43. The SMILES string of the molecule is N=C(N)c1ccc(NC(=O)CCN2CCN(CC(=O)O)C(=O)C2=O)cc1. The van der Waals surface area contributed by atoms with Gasteiger partial charge in [0, 0.05) is 37.3 Å². The van der Waals surface area contributed by atoms with E-state index in [-0.39, 0.29) is 37.8 Å². The van der Waals surface area contributed by atoms with Crippen LogP contribution < -0.4 is 11.1 Å². The third-order valence-electron chi connectivity index (χ3n) is 3.81. The molecule has 2 rings (SSSR count). The number of nitrogens with two attached hydrogens (primary N) is 1. The van der Waals surface area contributed by atoms with Gasteiger partial charge in [0.2, 0.25) is 5.91 Å². The number of carboxylic acids is 1. The van der Waals surface area contributed by atoms with Crippen molar-refractivity contribution < 1.29 is 24.3 Å². The van der Waals surface area contributed by atoms with Crippen LogP contribution in [0.2, 0.25) is 0 Å². The van der Waals surface area contributed by atoms with E-state index >= 15 is 0 Å². The van der Waals surface area contributed by atoms with Gasteiger partial charge in [0.15, 0.2) is 0 Å². The van der Waals surface area contributed by atoms with Crippen molar-refractivity contribution in [3.05, 3.63) is 29.8 Å². The zero-order chi connectivity index (χ0) is 19.3. The molecule has 10 heteroatoms. The molecule has 1 aliphatic heterocycles. The van der Waals surface area contributed by atoms with Gasteiger partial charge in [-0.15, -0.1) is 0 Å². The molecule has 0 saturated carbocycles. The van der Waals surface area contributed by atoms with Crippen molar-refractivity contribution in [1.29, 1.82) is 5.41 Å². The Balaban J connectivity index is 1.83. The number of carbonyl (C=O) groups is 4. The molecule has 1 aromatic rings. The van der Waals surface area contributed by atoms with Gasteiger partial charge in [-0.25, -0.2) is 0 Å². The number of carbonyl (C=O) groups excluding carboxylic acids is 3. The van der Waals surface area contributed by atoms with Crippen molar-refractivity contribution in [1.82, 2.24) is 9.80 Å². The second kappa shape index (κ2) is 8.10. The highest BCUT2D eigenvalue weighted by molar-refractivity contribution is 6.35. The molecule has 10 nitrogen and oxygen atoms in total. The maximum Gasteiger partial charge on any atom is 0.323 e. The van der Waals surface area contributed by atoms with Crippen LogP contribution in [0.15, 0.2) is 24.3 Å². The molecule has 1 saturated heterocycles. The van der Waals surface area contributed by atoms with Gasteiger partial charge in [0.1, 0.15) is 12.4 Å². The Morgan fingerprint density at radius 3 is 2.27 bits per heavy atom. The highest BCUT2D eigenvalue weighted by Gasteiger charge is 2.33. The second-order valence-electron chi connectivity index (χ2n) is 5.70. The fourth-order valence-corrected chi connectivity index (χ4v) is 2.44. The van der Waals surface area contributed by atoms with E-state index in [1.54, 1.807) is 24.3 Å². The number of hydrogen-bond acceptors (Lipinski definition) is 5. The molecule has 5 N–H and O–H groups in total. The molecular formula is C16H19N5O5. The van der Waals surface area contributed by atoms with Gasteiger partial charge in [0.05, 0.1) is 0 Å². The van der Waals surface area contributed by atoms with Crippen molar-refractivity contribution in [2.45, 2.75) is 6.42 Å². The molecule has 1 heterocycles. The van der Waals surface area contributed by atoms with Crippen molar-refractivity contribution in [2.24, 2.45) is 5.73 Å². The normalized spacial score (nSPS) is 14.3. The minimum Gasteiger partial charge on any atom is -0.480 e.